The lowest BCUT2D eigenvalue weighted by Gasteiger charge is -2.21. The van der Waals surface area contributed by atoms with Gasteiger partial charge in [0.25, 0.3) is 0 Å². The number of fused-ring (bicyclic) bond motifs is 2. The molecule has 3 fully saturated rings. The second-order valence-corrected chi connectivity index (χ2v) is 6.84. The van der Waals surface area contributed by atoms with E-state index in [-0.39, 0.29) is 11.8 Å². The van der Waals surface area contributed by atoms with Gasteiger partial charge >= 0.3 is 0 Å². The summed E-state index contributed by atoms with van der Waals surface area (Å²) in [6.07, 6.45) is 6.50. The first kappa shape index (κ1) is 13.1. The molecule has 2 aliphatic carbocycles. The molecule has 2 saturated carbocycles. The number of carbonyl (C=O) groups excluding carboxylic acids is 2. The molecule has 21 heavy (non-hydrogen) atoms. The van der Waals surface area contributed by atoms with Gasteiger partial charge in [0, 0.05) is 30.1 Å². The molecule has 3 unspecified atom stereocenters. The average molecular weight is 283 g/mol. The molecule has 4 rings (SSSR count). The van der Waals surface area contributed by atoms with E-state index in [4.69, 9.17) is 0 Å². The highest BCUT2D eigenvalue weighted by Gasteiger charge is 2.43. The van der Waals surface area contributed by atoms with Crippen LogP contribution in [-0.4, -0.2) is 18.2 Å². The molecular weight excluding hydrogens is 262 g/mol. The Bertz CT molecular complexity index is 577. The van der Waals surface area contributed by atoms with Crippen LogP contribution in [0.3, 0.4) is 0 Å². The van der Waals surface area contributed by atoms with Gasteiger partial charge in [0.2, 0.25) is 5.91 Å². The predicted octanol–water partition coefficient (Wildman–Crippen LogP) is 3.43. The van der Waals surface area contributed by atoms with E-state index >= 15 is 0 Å². The fourth-order valence-corrected chi connectivity index (χ4v) is 4.51. The number of amides is 1. The molecule has 3 nitrogen and oxygen atoms in total. The maximum absolute atomic E-state index is 12.7. The highest BCUT2D eigenvalue weighted by molar-refractivity contribution is 6.00. The first-order valence-corrected chi connectivity index (χ1v) is 8.17. The number of carbonyl (C=O) groups is 2. The van der Waals surface area contributed by atoms with Crippen molar-refractivity contribution in [1.29, 1.82) is 0 Å². The number of benzene rings is 1. The van der Waals surface area contributed by atoms with E-state index in [0.717, 1.165) is 36.6 Å². The molecule has 1 aromatic carbocycles. The Kier molecular flexibility index (Phi) is 3.09. The van der Waals surface area contributed by atoms with Gasteiger partial charge < -0.3 is 4.90 Å². The molecule has 0 radical (unpaired) electrons. The van der Waals surface area contributed by atoms with Crippen LogP contribution in [0, 0.1) is 17.8 Å². The van der Waals surface area contributed by atoms with Gasteiger partial charge in [-0.25, -0.2) is 0 Å². The van der Waals surface area contributed by atoms with E-state index in [2.05, 4.69) is 0 Å². The normalized spacial score (nSPS) is 31.1. The van der Waals surface area contributed by atoms with Gasteiger partial charge in [-0.05, 0) is 61.8 Å². The maximum atomic E-state index is 12.7. The van der Waals surface area contributed by atoms with Crippen LogP contribution in [0.2, 0.25) is 0 Å². The van der Waals surface area contributed by atoms with Crippen molar-refractivity contribution in [1.82, 2.24) is 0 Å². The van der Waals surface area contributed by atoms with Crippen molar-refractivity contribution >= 4 is 17.4 Å². The van der Waals surface area contributed by atoms with Gasteiger partial charge in [-0.1, -0.05) is 6.42 Å². The van der Waals surface area contributed by atoms with Crippen LogP contribution in [0.5, 0.6) is 0 Å². The third kappa shape index (κ3) is 2.19. The fraction of sp³-hybridized carbons (Fsp3) is 0.556. The van der Waals surface area contributed by atoms with E-state index in [9.17, 15) is 9.59 Å². The van der Waals surface area contributed by atoms with Crippen molar-refractivity contribution < 1.29 is 9.59 Å². The highest BCUT2D eigenvalue weighted by Crippen LogP contribution is 2.49. The van der Waals surface area contributed by atoms with Crippen LogP contribution < -0.4 is 4.90 Å². The zero-order valence-corrected chi connectivity index (χ0v) is 12.3. The van der Waals surface area contributed by atoms with Crippen LogP contribution in [0.1, 0.15) is 48.9 Å². The van der Waals surface area contributed by atoms with Gasteiger partial charge in [-0.2, -0.15) is 0 Å². The summed E-state index contributed by atoms with van der Waals surface area (Å²) >= 11 is 0. The zero-order valence-electron chi connectivity index (χ0n) is 12.3. The molecule has 3 aliphatic rings. The molecule has 1 aromatic rings. The summed E-state index contributed by atoms with van der Waals surface area (Å²) in [5, 5.41) is 0. The van der Waals surface area contributed by atoms with Crippen LogP contribution >= 0.6 is 0 Å². The second-order valence-electron chi connectivity index (χ2n) is 6.84. The Balaban J connectivity index is 1.51. The number of Topliss-reactive ketones (excluding diaryl/α,β-unsaturated/α-hetero) is 1. The predicted molar refractivity (Wildman–Crippen MR) is 81.3 cm³/mol. The van der Waals surface area contributed by atoms with Gasteiger partial charge in [-0.3, -0.25) is 9.59 Å². The zero-order chi connectivity index (χ0) is 14.4. The Morgan fingerprint density at radius 3 is 2.48 bits per heavy atom. The van der Waals surface area contributed by atoms with Crippen LogP contribution in [0.4, 0.5) is 5.69 Å². The summed E-state index contributed by atoms with van der Waals surface area (Å²) in [6.45, 7) is 0.804. The number of rotatable bonds is 3. The molecule has 0 spiro atoms. The Hall–Kier alpha value is -1.64. The maximum Gasteiger partial charge on any atom is 0.227 e. The third-order valence-electron chi connectivity index (χ3n) is 5.61. The summed E-state index contributed by atoms with van der Waals surface area (Å²) in [5.74, 6) is 2.19. The van der Waals surface area contributed by atoms with Gasteiger partial charge in [0.15, 0.2) is 5.78 Å². The summed E-state index contributed by atoms with van der Waals surface area (Å²) < 4.78 is 0. The Morgan fingerprint density at radius 2 is 1.90 bits per heavy atom. The summed E-state index contributed by atoms with van der Waals surface area (Å²) in [4.78, 5) is 26.2. The van der Waals surface area contributed by atoms with E-state index in [0.29, 0.717) is 18.1 Å². The third-order valence-corrected chi connectivity index (χ3v) is 5.61. The molecule has 1 saturated heterocycles. The van der Waals surface area contributed by atoms with Crippen molar-refractivity contribution in [2.75, 3.05) is 11.4 Å². The minimum atomic E-state index is 0.196. The van der Waals surface area contributed by atoms with Crippen molar-refractivity contribution in [3.63, 3.8) is 0 Å². The number of ketones is 1. The van der Waals surface area contributed by atoms with Crippen LogP contribution in [-0.2, 0) is 4.79 Å². The minimum Gasteiger partial charge on any atom is -0.312 e. The standard InChI is InChI=1S/C18H21NO2/c20-17-2-1-9-19(17)15-7-5-13(6-8-15)18(21)16-11-12-3-4-14(16)10-12/h5-8,12,14,16H,1-4,9-11H2. The molecule has 2 bridgehead atoms. The summed E-state index contributed by atoms with van der Waals surface area (Å²) in [5.41, 5.74) is 1.75. The van der Waals surface area contributed by atoms with Crippen molar-refractivity contribution in [2.45, 2.75) is 38.5 Å². The monoisotopic (exact) mass is 283 g/mol. The van der Waals surface area contributed by atoms with Crippen molar-refractivity contribution in [3.05, 3.63) is 29.8 Å². The first-order chi connectivity index (χ1) is 10.2. The van der Waals surface area contributed by atoms with Gasteiger partial charge in [0.1, 0.15) is 0 Å². The lowest BCUT2D eigenvalue weighted by Crippen LogP contribution is -2.24. The van der Waals surface area contributed by atoms with Gasteiger partial charge in [-0.15, -0.1) is 0 Å². The molecule has 110 valence electrons. The lowest BCUT2D eigenvalue weighted by molar-refractivity contribution is -0.117. The number of hydrogen-bond acceptors (Lipinski definition) is 2. The van der Waals surface area contributed by atoms with E-state index in [1.807, 2.05) is 29.2 Å². The molecule has 3 atom stereocenters. The average Bonchev–Trinajstić information content (AvgIpc) is 3.23. The van der Waals surface area contributed by atoms with Crippen LogP contribution in [0.15, 0.2) is 24.3 Å². The molecule has 3 heteroatoms. The first-order valence-electron chi connectivity index (χ1n) is 8.17. The molecule has 1 heterocycles. The summed E-state index contributed by atoms with van der Waals surface area (Å²) in [6, 6.07) is 7.69. The van der Waals surface area contributed by atoms with E-state index in [1.165, 1.54) is 19.3 Å². The van der Waals surface area contributed by atoms with E-state index < -0.39 is 0 Å². The molecule has 0 N–H and O–H groups in total. The molecular formula is C18H21NO2. The van der Waals surface area contributed by atoms with Crippen molar-refractivity contribution in [2.24, 2.45) is 17.8 Å². The van der Waals surface area contributed by atoms with Crippen LogP contribution in [0.25, 0.3) is 0 Å². The van der Waals surface area contributed by atoms with Gasteiger partial charge in [0.05, 0.1) is 0 Å². The number of hydrogen-bond donors (Lipinski definition) is 0. The van der Waals surface area contributed by atoms with Crippen molar-refractivity contribution in [3.8, 4) is 0 Å². The number of anilines is 1. The topological polar surface area (TPSA) is 37.4 Å². The highest BCUT2D eigenvalue weighted by atomic mass is 16.2. The smallest absolute Gasteiger partial charge is 0.227 e. The second kappa shape index (κ2) is 4.97. The quantitative estimate of drug-likeness (QED) is 0.797. The lowest BCUT2D eigenvalue weighted by atomic mass is 9.83. The largest absolute Gasteiger partial charge is 0.312 e. The molecule has 1 amide bonds. The SMILES string of the molecule is O=C(c1ccc(N2CCCC2=O)cc1)C1CC2CCC1C2. The summed E-state index contributed by atoms with van der Waals surface area (Å²) in [7, 11) is 0. The Labute approximate surface area is 125 Å². The Morgan fingerprint density at radius 1 is 1.10 bits per heavy atom. The number of nitrogens with zero attached hydrogens (tertiary/aromatic N) is 1. The van der Waals surface area contributed by atoms with E-state index in [1.54, 1.807) is 0 Å². The molecule has 1 aliphatic heterocycles. The molecule has 0 aromatic heterocycles. The fourth-order valence-electron chi connectivity index (χ4n) is 4.51. The minimum absolute atomic E-state index is 0.196.